The van der Waals surface area contributed by atoms with Gasteiger partial charge in [-0.2, -0.15) is 0 Å². The summed E-state index contributed by atoms with van der Waals surface area (Å²) in [4.78, 5) is 44.5. The lowest BCUT2D eigenvalue weighted by atomic mass is 9.53. The number of carbonyl (C=O) groups excluding carboxylic acids is 3. The number of amides is 3. The van der Waals surface area contributed by atoms with E-state index in [1.54, 1.807) is 24.4 Å². The highest BCUT2D eigenvalue weighted by atomic mass is 35.5. The molecule has 218 valence electrons. The molecule has 2 saturated heterocycles. The molecule has 2 spiro atoms. The number of nitrogens with two attached hydrogens (primary N) is 1. The Hall–Kier alpha value is -2.72. The molecule has 1 aliphatic carbocycles. The molecule has 1 aromatic heterocycles. The van der Waals surface area contributed by atoms with Gasteiger partial charge in [0, 0.05) is 28.4 Å². The maximum Gasteiger partial charge on any atom is 0.246 e. The van der Waals surface area contributed by atoms with Crippen molar-refractivity contribution in [1.82, 2.24) is 15.6 Å². The zero-order valence-electron chi connectivity index (χ0n) is 23.1. The van der Waals surface area contributed by atoms with Crippen LogP contribution in [0.3, 0.4) is 0 Å². The van der Waals surface area contributed by atoms with Crippen molar-refractivity contribution >= 4 is 46.6 Å². The number of carbonyl (C=O) groups is 3. The van der Waals surface area contributed by atoms with Crippen LogP contribution in [0.15, 0.2) is 36.5 Å². The van der Waals surface area contributed by atoms with Crippen LogP contribution < -0.4 is 21.7 Å². The van der Waals surface area contributed by atoms with E-state index >= 15 is 0 Å². The van der Waals surface area contributed by atoms with Crippen LogP contribution in [0.1, 0.15) is 69.4 Å². The number of pyridine rings is 1. The maximum absolute atomic E-state index is 14.5. The van der Waals surface area contributed by atoms with E-state index in [9.17, 15) is 14.4 Å². The normalized spacial score (nSPS) is 31.6. The Morgan fingerprint density at radius 2 is 1.85 bits per heavy atom. The number of hydrogen-bond donors (Lipinski definition) is 4. The largest absolute Gasteiger partial charge is 0.367 e. The molecule has 9 nitrogen and oxygen atoms in total. The predicted octanol–water partition coefficient (Wildman–Crippen LogP) is 3.82. The third-order valence-electron chi connectivity index (χ3n) is 9.79. The number of aromatic nitrogens is 1. The lowest BCUT2D eigenvalue weighted by Gasteiger charge is -2.50. The average Bonchev–Trinajstić information content (AvgIpc) is 3.38. The van der Waals surface area contributed by atoms with Crippen LogP contribution in [0.2, 0.25) is 10.2 Å². The fraction of sp³-hybridized carbons (Fsp3) is 0.533. The number of hydrogen-bond acceptors (Lipinski definition) is 6. The van der Waals surface area contributed by atoms with Gasteiger partial charge in [0.15, 0.2) is 0 Å². The molecule has 1 aromatic carbocycles. The van der Waals surface area contributed by atoms with Crippen molar-refractivity contribution in [3.05, 3.63) is 57.8 Å². The van der Waals surface area contributed by atoms with Crippen LogP contribution >= 0.6 is 23.2 Å². The van der Waals surface area contributed by atoms with Gasteiger partial charge in [-0.05, 0) is 79.3 Å². The van der Waals surface area contributed by atoms with Gasteiger partial charge in [-0.1, -0.05) is 43.1 Å². The highest BCUT2D eigenvalue weighted by molar-refractivity contribution is 6.31. The van der Waals surface area contributed by atoms with Crippen molar-refractivity contribution < 1.29 is 19.1 Å². The molecule has 0 radical (unpaired) electrons. The molecule has 5 atom stereocenters. The molecule has 11 heteroatoms. The van der Waals surface area contributed by atoms with Crippen LogP contribution in [0.4, 0.5) is 5.69 Å². The monoisotopic (exact) mass is 599 g/mol. The Labute approximate surface area is 249 Å². The predicted molar refractivity (Wildman–Crippen MR) is 156 cm³/mol. The highest BCUT2D eigenvalue weighted by Crippen LogP contribution is 2.63. The molecule has 41 heavy (non-hydrogen) atoms. The Balaban J connectivity index is 1.46. The van der Waals surface area contributed by atoms with Crippen LogP contribution in [0, 0.1) is 5.41 Å². The van der Waals surface area contributed by atoms with Gasteiger partial charge in [-0.25, -0.2) is 4.98 Å². The number of halogens is 2. The second-order valence-corrected chi connectivity index (χ2v) is 13.5. The smallest absolute Gasteiger partial charge is 0.246 e. The Bertz CT molecular complexity index is 1400. The summed E-state index contributed by atoms with van der Waals surface area (Å²) in [5, 5.41) is 10.8. The Morgan fingerprint density at radius 3 is 2.51 bits per heavy atom. The standard InChI is InChI=1S/C30H35Cl2N5O4/c1-28(2)8-10-29(11-9-28)30(19-5-3-17(31)14-20(19)36-27(30)40)23(16-7-12-34-22(32)13-16)24(37-29)26(39)35-18-4-6-21(25(33)38)41-15-18/h3,5,7,12-14,18,21,23-24,37H,4,6,8-11,15H2,1-2H3,(H2,33,38)(H,35,39)(H,36,40)/t18-,21+,23?,24-,30-/m1/s1. The van der Waals surface area contributed by atoms with Gasteiger partial charge < -0.3 is 21.1 Å². The van der Waals surface area contributed by atoms with Crippen molar-refractivity contribution in [3.8, 4) is 0 Å². The molecule has 2 aromatic rings. The minimum atomic E-state index is -1.10. The van der Waals surface area contributed by atoms with Gasteiger partial charge in [0.25, 0.3) is 0 Å². The first-order valence-electron chi connectivity index (χ1n) is 14.2. The first-order valence-corrected chi connectivity index (χ1v) is 14.9. The molecule has 3 fully saturated rings. The Morgan fingerprint density at radius 1 is 1.10 bits per heavy atom. The molecule has 4 aliphatic rings. The lowest BCUT2D eigenvalue weighted by Crippen LogP contribution is -2.61. The molecule has 3 aliphatic heterocycles. The Kier molecular flexibility index (Phi) is 7.08. The fourth-order valence-electron chi connectivity index (χ4n) is 7.68. The van der Waals surface area contributed by atoms with E-state index in [-0.39, 0.29) is 35.0 Å². The summed E-state index contributed by atoms with van der Waals surface area (Å²) in [6, 6.07) is 8.06. The minimum absolute atomic E-state index is 0.109. The average molecular weight is 601 g/mol. The summed E-state index contributed by atoms with van der Waals surface area (Å²) in [5.74, 6) is -1.47. The van der Waals surface area contributed by atoms with E-state index in [1.165, 1.54) is 0 Å². The topological polar surface area (TPSA) is 135 Å². The molecular weight excluding hydrogens is 565 g/mol. The van der Waals surface area contributed by atoms with Gasteiger partial charge in [0.05, 0.1) is 18.7 Å². The summed E-state index contributed by atoms with van der Waals surface area (Å²) in [6.45, 7) is 4.68. The zero-order valence-corrected chi connectivity index (χ0v) is 24.6. The summed E-state index contributed by atoms with van der Waals surface area (Å²) in [7, 11) is 0. The number of nitrogens with zero attached hydrogens (tertiary/aromatic N) is 1. The molecule has 5 N–H and O–H groups in total. The highest BCUT2D eigenvalue weighted by Gasteiger charge is 2.72. The third kappa shape index (κ3) is 4.61. The van der Waals surface area contributed by atoms with Gasteiger partial charge in [0.1, 0.15) is 16.7 Å². The molecule has 1 saturated carbocycles. The maximum atomic E-state index is 14.5. The molecular formula is C30H35Cl2N5O4. The van der Waals surface area contributed by atoms with E-state index in [0.29, 0.717) is 36.4 Å². The number of fused-ring (bicyclic) bond motifs is 3. The quantitative estimate of drug-likeness (QED) is 0.394. The van der Waals surface area contributed by atoms with Crippen molar-refractivity contribution in [1.29, 1.82) is 0 Å². The second kappa shape index (κ2) is 10.2. The summed E-state index contributed by atoms with van der Waals surface area (Å²) < 4.78 is 5.63. The lowest BCUT2D eigenvalue weighted by molar-refractivity contribution is -0.134. The number of rotatable bonds is 4. The first-order chi connectivity index (χ1) is 19.5. The van der Waals surface area contributed by atoms with E-state index in [0.717, 1.165) is 24.0 Å². The van der Waals surface area contributed by atoms with Crippen LogP contribution in [0.25, 0.3) is 0 Å². The number of anilines is 1. The van der Waals surface area contributed by atoms with Crippen LogP contribution in [-0.2, 0) is 24.5 Å². The minimum Gasteiger partial charge on any atom is -0.367 e. The fourth-order valence-corrected chi connectivity index (χ4v) is 8.03. The number of nitrogens with one attached hydrogen (secondary N) is 3. The van der Waals surface area contributed by atoms with Crippen molar-refractivity contribution in [2.75, 3.05) is 11.9 Å². The van der Waals surface area contributed by atoms with Crippen molar-refractivity contribution in [3.63, 3.8) is 0 Å². The SMILES string of the molecule is CC1(C)CCC2(CC1)N[C@@H](C(=O)N[C@@H]1CC[C@@H](C(N)=O)OC1)C(c1ccnc(Cl)c1)[C@]21C(=O)Nc2cc(Cl)ccc21. The molecule has 4 heterocycles. The number of primary amides is 1. The van der Waals surface area contributed by atoms with Crippen LogP contribution in [-0.4, -0.2) is 53.0 Å². The summed E-state index contributed by atoms with van der Waals surface area (Å²) >= 11 is 12.8. The summed E-state index contributed by atoms with van der Waals surface area (Å²) in [5.41, 5.74) is 5.97. The van der Waals surface area contributed by atoms with Crippen molar-refractivity contribution in [2.45, 2.75) is 87.4 Å². The van der Waals surface area contributed by atoms with Gasteiger partial charge in [0.2, 0.25) is 17.7 Å². The number of benzene rings is 1. The van der Waals surface area contributed by atoms with E-state index in [4.69, 9.17) is 33.7 Å². The van der Waals surface area contributed by atoms with E-state index in [2.05, 4.69) is 34.8 Å². The van der Waals surface area contributed by atoms with E-state index < -0.39 is 34.9 Å². The van der Waals surface area contributed by atoms with Gasteiger partial charge >= 0.3 is 0 Å². The second-order valence-electron chi connectivity index (χ2n) is 12.7. The zero-order chi connectivity index (χ0) is 29.2. The van der Waals surface area contributed by atoms with E-state index in [1.807, 2.05) is 12.1 Å². The van der Waals surface area contributed by atoms with Gasteiger partial charge in [-0.3, -0.25) is 19.7 Å². The molecule has 6 rings (SSSR count). The van der Waals surface area contributed by atoms with Crippen LogP contribution in [0.5, 0.6) is 0 Å². The van der Waals surface area contributed by atoms with Crippen molar-refractivity contribution in [2.24, 2.45) is 11.1 Å². The summed E-state index contributed by atoms with van der Waals surface area (Å²) in [6.07, 6.45) is 5.15. The molecule has 3 amide bonds. The molecule has 1 unspecified atom stereocenters. The third-order valence-corrected chi connectivity index (χ3v) is 10.2. The molecule has 0 bridgehead atoms. The van der Waals surface area contributed by atoms with Gasteiger partial charge in [-0.15, -0.1) is 0 Å². The number of ether oxygens (including phenoxy) is 1. The first kappa shape index (κ1) is 28.4.